The van der Waals surface area contributed by atoms with E-state index in [2.05, 4.69) is 5.32 Å². The summed E-state index contributed by atoms with van der Waals surface area (Å²) < 4.78 is 5.22. The van der Waals surface area contributed by atoms with E-state index in [1.165, 1.54) is 0 Å². The Balaban J connectivity index is 1.62. The van der Waals surface area contributed by atoms with E-state index in [1.807, 2.05) is 38.1 Å². The van der Waals surface area contributed by atoms with Crippen LogP contribution in [0.4, 0.5) is 16.2 Å². The fraction of sp³-hybridized carbons (Fsp3) is 0.300. The van der Waals surface area contributed by atoms with Gasteiger partial charge >= 0.3 is 6.09 Å². The van der Waals surface area contributed by atoms with Crippen LogP contribution in [0.5, 0.6) is 0 Å². The van der Waals surface area contributed by atoms with Gasteiger partial charge in [0, 0.05) is 6.54 Å². The Bertz CT molecular complexity index is 851. The van der Waals surface area contributed by atoms with Crippen molar-refractivity contribution in [1.29, 1.82) is 0 Å². The summed E-state index contributed by atoms with van der Waals surface area (Å²) in [6.45, 7) is 4.11. The molecule has 0 saturated carbocycles. The average Bonchev–Trinajstić information content (AvgIpc) is 2.62. The lowest BCUT2D eigenvalue weighted by molar-refractivity contribution is -0.118. The van der Waals surface area contributed by atoms with E-state index in [9.17, 15) is 9.59 Å². The number of fused-ring (bicyclic) bond motifs is 1. The Morgan fingerprint density at radius 2 is 2.04 bits per heavy atom. The summed E-state index contributed by atoms with van der Waals surface area (Å²) in [5.41, 5.74) is 4.54. The third-order valence-electron chi connectivity index (χ3n) is 4.36. The molecular formula is C20H21ClN2O3. The fourth-order valence-corrected chi connectivity index (χ4v) is 3.43. The molecule has 0 atom stereocenters. The van der Waals surface area contributed by atoms with Crippen LogP contribution in [-0.2, 0) is 16.0 Å². The number of benzene rings is 2. The number of hydrogen-bond acceptors (Lipinski definition) is 3. The number of halogens is 1. The second kappa shape index (κ2) is 7.79. The summed E-state index contributed by atoms with van der Waals surface area (Å²) in [5.74, 6) is -0.425. The van der Waals surface area contributed by atoms with Gasteiger partial charge in [-0.1, -0.05) is 35.9 Å². The lowest BCUT2D eigenvalue weighted by Crippen LogP contribution is -2.37. The van der Waals surface area contributed by atoms with Crippen molar-refractivity contribution < 1.29 is 14.3 Å². The summed E-state index contributed by atoms with van der Waals surface area (Å²) in [6.07, 6.45) is 1.30. The molecule has 0 saturated heterocycles. The Kier molecular flexibility index (Phi) is 5.47. The molecule has 0 fully saturated rings. The van der Waals surface area contributed by atoms with Gasteiger partial charge in [0.25, 0.3) is 5.91 Å². The Labute approximate surface area is 157 Å². The summed E-state index contributed by atoms with van der Waals surface area (Å²) in [5, 5.41) is 3.11. The van der Waals surface area contributed by atoms with E-state index >= 15 is 0 Å². The highest BCUT2D eigenvalue weighted by atomic mass is 35.5. The van der Waals surface area contributed by atoms with Gasteiger partial charge in [0.1, 0.15) is 0 Å². The normalized spacial score (nSPS) is 13.1. The summed E-state index contributed by atoms with van der Waals surface area (Å²) >= 11 is 6.10. The van der Waals surface area contributed by atoms with E-state index < -0.39 is 12.0 Å². The maximum atomic E-state index is 12.5. The number of carbonyl (C=O) groups is 2. The topological polar surface area (TPSA) is 58.6 Å². The van der Waals surface area contributed by atoms with Gasteiger partial charge in [-0.05, 0) is 55.5 Å². The standard InChI is InChI=1S/C20H21ClN2O3/c1-13-8-9-17(16(21)11-13)22-18(24)12-26-20(25)23-10-4-7-15-6-3-5-14(2)19(15)23/h3,5-6,8-9,11H,4,7,10,12H2,1-2H3,(H,22,24). The molecule has 0 spiro atoms. The number of anilines is 2. The van der Waals surface area contributed by atoms with Crippen LogP contribution in [0.25, 0.3) is 0 Å². The molecule has 3 rings (SSSR count). The molecule has 1 heterocycles. The molecule has 6 heteroatoms. The quantitative estimate of drug-likeness (QED) is 0.863. The molecule has 1 N–H and O–H groups in total. The predicted octanol–water partition coefficient (Wildman–Crippen LogP) is 4.48. The smallest absolute Gasteiger partial charge is 0.414 e. The van der Waals surface area contributed by atoms with Gasteiger partial charge in [-0.3, -0.25) is 9.69 Å². The van der Waals surface area contributed by atoms with Crippen LogP contribution in [0.2, 0.25) is 5.02 Å². The highest BCUT2D eigenvalue weighted by Crippen LogP contribution is 2.31. The number of nitrogens with zero attached hydrogens (tertiary/aromatic N) is 1. The van der Waals surface area contributed by atoms with E-state index in [1.54, 1.807) is 17.0 Å². The molecule has 5 nitrogen and oxygen atoms in total. The van der Waals surface area contributed by atoms with Crippen molar-refractivity contribution in [2.75, 3.05) is 23.4 Å². The number of para-hydroxylation sites is 1. The highest BCUT2D eigenvalue weighted by molar-refractivity contribution is 6.33. The zero-order chi connectivity index (χ0) is 18.7. The third-order valence-corrected chi connectivity index (χ3v) is 4.68. The number of hydrogen-bond donors (Lipinski definition) is 1. The molecule has 0 unspecified atom stereocenters. The van der Waals surface area contributed by atoms with Crippen molar-refractivity contribution in [1.82, 2.24) is 0 Å². The molecule has 0 aliphatic carbocycles. The zero-order valence-electron chi connectivity index (χ0n) is 14.8. The van der Waals surface area contributed by atoms with Gasteiger partial charge in [-0.15, -0.1) is 0 Å². The lowest BCUT2D eigenvalue weighted by atomic mass is 9.99. The van der Waals surface area contributed by atoms with Crippen molar-refractivity contribution in [3.63, 3.8) is 0 Å². The van der Waals surface area contributed by atoms with Crippen molar-refractivity contribution in [2.24, 2.45) is 0 Å². The van der Waals surface area contributed by atoms with Crippen molar-refractivity contribution >= 4 is 35.0 Å². The second-order valence-corrected chi connectivity index (χ2v) is 6.83. The molecular weight excluding hydrogens is 352 g/mol. The van der Waals surface area contributed by atoms with Gasteiger partial charge in [0.15, 0.2) is 6.61 Å². The summed E-state index contributed by atoms with van der Waals surface area (Å²) in [4.78, 5) is 26.2. The van der Waals surface area contributed by atoms with E-state index in [0.717, 1.165) is 35.2 Å². The SMILES string of the molecule is Cc1ccc(NC(=O)COC(=O)N2CCCc3cccc(C)c32)c(Cl)c1. The predicted molar refractivity (Wildman–Crippen MR) is 103 cm³/mol. The van der Waals surface area contributed by atoms with Crippen LogP contribution in [0.15, 0.2) is 36.4 Å². The van der Waals surface area contributed by atoms with E-state index in [0.29, 0.717) is 17.3 Å². The Hall–Kier alpha value is -2.53. The van der Waals surface area contributed by atoms with Crippen molar-refractivity contribution in [3.05, 3.63) is 58.1 Å². The van der Waals surface area contributed by atoms with Crippen LogP contribution >= 0.6 is 11.6 Å². The van der Waals surface area contributed by atoms with Gasteiger partial charge in [0.05, 0.1) is 16.4 Å². The largest absolute Gasteiger partial charge is 0.439 e. The average molecular weight is 373 g/mol. The minimum absolute atomic E-state index is 0.360. The molecule has 2 amide bonds. The molecule has 2 aromatic carbocycles. The molecule has 0 bridgehead atoms. The van der Waals surface area contributed by atoms with Gasteiger partial charge in [-0.2, -0.15) is 0 Å². The third kappa shape index (κ3) is 3.99. The van der Waals surface area contributed by atoms with Crippen LogP contribution in [0.1, 0.15) is 23.1 Å². The number of nitrogens with one attached hydrogen (secondary N) is 1. The van der Waals surface area contributed by atoms with Crippen molar-refractivity contribution in [2.45, 2.75) is 26.7 Å². The van der Waals surface area contributed by atoms with Crippen LogP contribution < -0.4 is 10.2 Å². The van der Waals surface area contributed by atoms with E-state index in [4.69, 9.17) is 16.3 Å². The Morgan fingerprint density at radius 1 is 1.23 bits per heavy atom. The van der Waals surface area contributed by atoms with Crippen molar-refractivity contribution in [3.8, 4) is 0 Å². The number of aryl methyl sites for hydroxylation is 3. The number of rotatable bonds is 3. The lowest BCUT2D eigenvalue weighted by Gasteiger charge is -2.30. The molecule has 2 aromatic rings. The second-order valence-electron chi connectivity index (χ2n) is 6.42. The Morgan fingerprint density at radius 3 is 2.81 bits per heavy atom. The first-order valence-corrected chi connectivity index (χ1v) is 8.92. The first-order chi connectivity index (χ1) is 12.5. The number of carbonyl (C=O) groups excluding carboxylic acids is 2. The monoisotopic (exact) mass is 372 g/mol. The fourth-order valence-electron chi connectivity index (χ4n) is 3.14. The van der Waals surface area contributed by atoms with Gasteiger partial charge < -0.3 is 10.1 Å². The molecule has 26 heavy (non-hydrogen) atoms. The van der Waals surface area contributed by atoms with Gasteiger partial charge in [-0.25, -0.2) is 4.79 Å². The molecule has 1 aliphatic heterocycles. The maximum absolute atomic E-state index is 12.5. The highest BCUT2D eigenvalue weighted by Gasteiger charge is 2.25. The summed E-state index contributed by atoms with van der Waals surface area (Å²) in [6, 6.07) is 11.3. The summed E-state index contributed by atoms with van der Waals surface area (Å²) in [7, 11) is 0. The first-order valence-electron chi connectivity index (χ1n) is 8.54. The number of ether oxygens (including phenoxy) is 1. The minimum Gasteiger partial charge on any atom is -0.439 e. The molecule has 0 radical (unpaired) electrons. The minimum atomic E-state index is -0.509. The zero-order valence-corrected chi connectivity index (χ0v) is 15.6. The molecule has 136 valence electrons. The molecule has 0 aromatic heterocycles. The number of amides is 2. The first kappa shape index (κ1) is 18.3. The molecule has 1 aliphatic rings. The maximum Gasteiger partial charge on any atom is 0.414 e. The van der Waals surface area contributed by atoms with Crippen LogP contribution in [0.3, 0.4) is 0 Å². The van der Waals surface area contributed by atoms with Crippen LogP contribution in [-0.4, -0.2) is 25.2 Å². The van der Waals surface area contributed by atoms with E-state index in [-0.39, 0.29) is 6.61 Å². The van der Waals surface area contributed by atoms with Gasteiger partial charge in [0.2, 0.25) is 0 Å². The van der Waals surface area contributed by atoms with Crippen LogP contribution in [0, 0.1) is 13.8 Å².